The minimum absolute atomic E-state index is 0.0000688. The van der Waals surface area contributed by atoms with Crippen molar-refractivity contribution in [3.8, 4) is 11.3 Å². The van der Waals surface area contributed by atoms with E-state index in [2.05, 4.69) is 46.9 Å². The third-order valence-corrected chi connectivity index (χ3v) is 5.84. The zero-order chi connectivity index (χ0) is 19.5. The number of carbonyl (C=O) groups is 1. The Labute approximate surface area is 170 Å². The van der Waals surface area contributed by atoms with Gasteiger partial charge in [0.25, 0.3) is 0 Å². The second-order valence-electron chi connectivity index (χ2n) is 7.43. The number of benzene rings is 2. The van der Waals surface area contributed by atoms with E-state index >= 15 is 0 Å². The van der Waals surface area contributed by atoms with Crippen LogP contribution in [0.3, 0.4) is 0 Å². The van der Waals surface area contributed by atoms with Crippen molar-refractivity contribution in [2.24, 2.45) is 0 Å². The van der Waals surface area contributed by atoms with Gasteiger partial charge in [0.05, 0.1) is 18.3 Å². The lowest BCUT2D eigenvalue weighted by Gasteiger charge is -2.10. The minimum atomic E-state index is -0.0000688. The fourth-order valence-electron chi connectivity index (χ4n) is 3.59. The number of aromatic nitrogens is 2. The lowest BCUT2D eigenvalue weighted by Crippen LogP contribution is -2.14. The minimum Gasteiger partial charge on any atom is -0.328 e. The number of amides is 1. The van der Waals surface area contributed by atoms with E-state index in [0.717, 1.165) is 47.7 Å². The fraction of sp³-hybridized carbons (Fsp3) is 0.304. The average molecular weight is 392 g/mol. The van der Waals surface area contributed by atoms with Crippen LogP contribution in [0.5, 0.6) is 0 Å². The van der Waals surface area contributed by atoms with Crippen molar-refractivity contribution in [2.45, 2.75) is 49.8 Å². The van der Waals surface area contributed by atoms with Crippen LogP contribution in [-0.2, 0) is 24.2 Å². The molecule has 28 heavy (non-hydrogen) atoms. The van der Waals surface area contributed by atoms with Crippen LogP contribution in [0.25, 0.3) is 11.3 Å². The van der Waals surface area contributed by atoms with Gasteiger partial charge in [0.1, 0.15) is 5.82 Å². The van der Waals surface area contributed by atoms with Gasteiger partial charge >= 0.3 is 0 Å². The summed E-state index contributed by atoms with van der Waals surface area (Å²) in [4.78, 5) is 18.3. The van der Waals surface area contributed by atoms with E-state index in [0.29, 0.717) is 11.7 Å². The zero-order valence-electron chi connectivity index (χ0n) is 16.3. The highest BCUT2D eigenvalue weighted by Crippen LogP contribution is 2.27. The van der Waals surface area contributed by atoms with Gasteiger partial charge in [0.15, 0.2) is 0 Å². The van der Waals surface area contributed by atoms with Gasteiger partial charge < -0.3 is 9.88 Å². The Balaban J connectivity index is 1.42. The third-order valence-electron chi connectivity index (χ3n) is 4.82. The predicted molar refractivity (Wildman–Crippen MR) is 116 cm³/mol. The molecule has 2 aromatic carbocycles. The van der Waals surface area contributed by atoms with Gasteiger partial charge in [0.2, 0.25) is 5.91 Å². The molecule has 1 N–H and O–H groups in total. The van der Waals surface area contributed by atoms with Crippen LogP contribution in [0.4, 0.5) is 5.69 Å². The van der Waals surface area contributed by atoms with Crippen LogP contribution in [0, 0.1) is 0 Å². The lowest BCUT2D eigenvalue weighted by molar-refractivity contribution is -0.115. The fourth-order valence-corrected chi connectivity index (χ4v) is 4.43. The van der Waals surface area contributed by atoms with Crippen molar-refractivity contribution in [1.29, 1.82) is 0 Å². The molecule has 4 rings (SSSR count). The molecule has 1 aliphatic rings. The number of imidazole rings is 1. The molecule has 4 nitrogen and oxygen atoms in total. The van der Waals surface area contributed by atoms with E-state index in [1.807, 2.05) is 48.3 Å². The molecule has 1 amide bonds. The first-order chi connectivity index (χ1) is 13.6. The molecule has 0 aliphatic carbocycles. The Hall–Kier alpha value is -2.53. The number of carbonyl (C=O) groups excluding carboxylic acids is 1. The highest BCUT2D eigenvalue weighted by Gasteiger charge is 2.16. The number of hydrogen-bond acceptors (Lipinski definition) is 3. The summed E-state index contributed by atoms with van der Waals surface area (Å²) in [6.45, 7) is 5.38. The molecule has 1 aromatic heterocycles. The Bertz CT molecular complexity index is 976. The smallest absolute Gasteiger partial charge is 0.228 e. The van der Waals surface area contributed by atoms with Gasteiger partial charge in [-0.15, -0.1) is 11.8 Å². The van der Waals surface area contributed by atoms with Crippen molar-refractivity contribution in [3.05, 3.63) is 66.1 Å². The van der Waals surface area contributed by atoms with E-state index < -0.39 is 0 Å². The van der Waals surface area contributed by atoms with Crippen molar-refractivity contribution < 1.29 is 4.79 Å². The summed E-state index contributed by atoms with van der Waals surface area (Å²) >= 11 is 1.83. The molecule has 1 aliphatic heterocycles. The van der Waals surface area contributed by atoms with Crippen molar-refractivity contribution >= 4 is 23.4 Å². The lowest BCUT2D eigenvalue weighted by atomic mass is 10.1. The molecular formula is C23H25N3OS. The first kappa shape index (κ1) is 18.8. The molecule has 2 heterocycles. The molecule has 0 spiro atoms. The van der Waals surface area contributed by atoms with Crippen LogP contribution in [0.2, 0.25) is 0 Å². The van der Waals surface area contributed by atoms with E-state index in [-0.39, 0.29) is 5.91 Å². The molecular weight excluding hydrogens is 366 g/mol. The van der Waals surface area contributed by atoms with Crippen LogP contribution >= 0.6 is 11.8 Å². The molecule has 0 saturated carbocycles. The molecule has 0 atom stereocenters. The molecule has 0 saturated heterocycles. The summed E-state index contributed by atoms with van der Waals surface area (Å²) in [7, 11) is 0. The van der Waals surface area contributed by atoms with Crippen molar-refractivity contribution in [3.63, 3.8) is 0 Å². The van der Waals surface area contributed by atoms with Gasteiger partial charge in [-0.1, -0.05) is 38.1 Å². The Kier molecular flexibility index (Phi) is 5.53. The molecule has 144 valence electrons. The average Bonchev–Trinajstić information content (AvgIpc) is 3.26. The van der Waals surface area contributed by atoms with E-state index in [9.17, 15) is 4.79 Å². The Morgan fingerprint density at radius 1 is 1.21 bits per heavy atom. The van der Waals surface area contributed by atoms with Gasteiger partial charge in [-0.25, -0.2) is 4.98 Å². The number of fused-ring (bicyclic) bond motifs is 1. The van der Waals surface area contributed by atoms with Crippen LogP contribution in [0.15, 0.2) is 59.6 Å². The highest BCUT2D eigenvalue weighted by atomic mass is 32.2. The van der Waals surface area contributed by atoms with Gasteiger partial charge in [-0.3, -0.25) is 4.79 Å². The zero-order valence-corrected chi connectivity index (χ0v) is 17.1. The number of thioether (sulfide) groups is 1. The topological polar surface area (TPSA) is 46.9 Å². The number of nitrogens with zero attached hydrogens (tertiary/aromatic N) is 2. The second kappa shape index (κ2) is 8.23. The first-order valence-corrected chi connectivity index (χ1v) is 10.7. The summed E-state index contributed by atoms with van der Waals surface area (Å²) < 4.78 is 2.28. The van der Waals surface area contributed by atoms with Crippen LogP contribution in [-0.4, -0.2) is 20.7 Å². The quantitative estimate of drug-likeness (QED) is 0.589. The molecule has 0 radical (unpaired) electrons. The standard InChI is InChI=1S/C23H25N3OS/c1-16(2)28-20-10-8-17(9-11-20)13-23(27)25-19-6-3-5-18(14-19)21-15-24-22-7-4-12-26(21)22/h3,5-6,8-11,14-16H,4,7,12-13H2,1-2H3,(H,25,27). The number of hydrogen-bond donors (Lipinski definition) is 1. The first-order valence-electron chi connectivity index (χ1n) is 9.79. The summed E-state index contributed by atoms with van der Waals surface area (Å²) in [5.74, 6) is 1.16. The van der Waals surface area contributed by atoms with Crippen LogP contribution < -0.4 is 5.32 Å². The van der Waals surface area contributed by atoms with E-state index in [1.165, 1.54) is 4.90 Å². The molecule has 0 bridgehead atoms. The monoisotopic (exact) mass is 391 g/mol. The highest BCUT2D eigenvalue weighted by molar-refractivity contribution is 7.99. The summed E-state index contributed by atoms with van der Waals surface area (Å²) in [6.07, 6.45) is 4.51. The van der Waals surface area contributed by atoms with Crippen LogP contribution in [0.1, 0.15) is 31.7 Å². The molecule has 5 heteroatoms. The Morgan fingerprint density at radius 2 is 2.04 bits per heavy atom. The van der Waals surface area contributed by atoms with Gasteiger partial charge in [-0.2, -0.15) is 0 Å². The predicted octanol–water partition coefficient (Wildman–Crippen LogP) is 5.18. The third kappa shape index (κ3) is 4.30. The summed E-state index contributed by atoms with van der Waals surface area (Å²) in [5, 5.41) is 3.59. The molecule has 0 unspecified atom stereocenters. The number of anilines is 1. The molecule has 0 fully saturated rings. The molecule has 3 aromatic rings. The van der Waals surface area contributed by atoms with Gasteiger partial charge in [0, 0.05) is 34.4 Å². The summed E-state index contributed by atoms with van der Waals surface area (Å²) in [6, 6.07) is 16.3. The second-order valence-corrected chi connectivity index (χ2v) is 9.08. The van der Waals surface area contributed by atoms with Crippen molar-refractivity contribution in [1.82, 2.24) is 9.55 Å². The number of rotatable bonds is 6. The number of aryl methyl sites for hydroxylation is 1. The SMILES string of the molecule is CC(C)Sc1ccc(CC(=O)Nc2cccc(-c3cnc4n3CCC4)c2)cc1. The maximum absolute atomic E-state index is 12.5. The summed E-state index contributed by atoms with van der Waals surface area (Å²) in [5.41, 5.74) is 4.06. The Morgan fingerprint density at radius 3 is 2.82 bits per heavy atom. The maximum Gasteiger partial charge on any atom is 0.228 e. The van der Waals surface area contributed by atoms with E-state index in [1.54, 1.807) is 0 Å². The van der Waals surface area contributed by atoms with E-state index in [4.69, 9.17) is 0 Å². The normalized spacial score (nSPS) is 13.0. The van der Waals surface area contributed by atoms with Crippen molar-refractivity contribution in [2.75, 3.05) is 5.32 Å². The largest absolute Gasteiger partial charge is 0.328 e. The van der Waals surface area contributed by atoms with Gasteiger partial charge in [-0.05, 0) is 36.2 Å². The number of nitrogens with one attached hydrogen (secondary N) is 1. The maximum atomic E-state index is 12.5.